The number of amides is 1. The number of hydrogen-bond donors (Lipinski definition) is 3. The Bertz CT molecular complexity index is 658. The molecule has 1 unspecified atom stereocenters. The maximum absolute atomic E-state index is 11.7. The van der Waals surface area contributed by atoms with E-state index in [2.05, 4.69) is 10.3 Å². The maximum atomic E-state index is 11.7. The lowest BCUT2D eigenvalue weighted by molar-refractivity contribution is -0.136. The van der Waals surface area contributed by atoms with Crippen molar-refractivity contribution >= 4 is 23.2 Å². The molecule has 23 heavy (non-hydrogen) atoms. The topological polar surface area (TPSA) is 105 Å². The highest BCUT2D eigenvalue weighted by atomic mass is 32.1. The van der Waals surface area contributed by atoms with Gasteiger partial charge in [0.1, 0.15) is 5.01 Å². The van der Waals surface area contributed by atoms with Crippen molar-refractivity contribution in [3.05, 3.63) is 52.0 Å². The molecule has 0 aliphatic rings. The van der Waals surface area contributed by atoms with E-state index in [1.807, 2.05) is 35.7 Å². The van der Waals surface area contributed by atoms with E-state index in [9.17, 15) is 9.59 Å². The van der Waals surface area contributed by atoms with Crippen molar-refractivity contribution in [3.63, 3.8) is 0 Å². The summed E-state index contributed by atoms with van der Waals surface area (Å²) in [5.41, 5.74) is 7.96. The summed E-state index contributed by atoms with van der Waals surface area (Å²) < 4.78 is 0. The second-order valence-electron chi connectivity index (χ2n) is 5.14. The standard InChI is InChI=1S/C16H19N3O3S/c17-13(8-11-4-2-1-3-5-11)16-19-12(10-23-16)9-14(20)18-7-6-15(21)22/h1-5,10,13H,6-9,17H2,(H,18,20)(H,21,22). The average Bonchev–Trinajstić information content (AvgIpc) is 2.96. The van der Waals surface area contributed by atoms with Gasteiger partial charge >= 0.3 is 5.97 Å². The molecular formula is C16H19N3O3S. The highest BCUT2D eigenvalue weighted by Crippen LogP contribution is 2.20. The molecule has 122 valence electrons. The van der Waals surface area contributed by atoms with Crippen LogP contribution >= 0.6 is 11.3 Å². The third kappa shape index (κ3) is 5.80. The monoisotopic (exact) mass is 333 g/mol. The van der Waals surface area contributed by atoms with Crippen LogP contribution in [0.25, 0.3) is 0 Å². The van der Waals surface area contributed by atoms with Crippen molar-refractivity contribution in [2.45, 2.75) is 25.3 Å². The van der Waals surface area contributed by atoms with Crippen molar-refractivity contribution < 1.29 is 14.7 Å². The summed E-state index contributed by atoms with van der Waals surface area (Å²) in [5.74, 6) is -1.17. The van der Waals surface area contributed by atoms with E-state index in [0.29, 0.717) is 12.1 Å². The summed E-state index contributed by atoms with van der Waals surface area (Å²) >= 11 is 1.44. The summed E-state index contributed by atoms with van der Waals surface area (Å²) in [5, 5.41) is 13.7. The molecule has 0 radical (unpaired) electrons. The largest absolute Gasteiger partial charge is 0.481 e. The lowest BCUT2D eigenvalue weighted by atomic mass is 10.1. The predicted octanol–water partition coefficient (Wildman–Crippen LogP) is 1.52. The second-order valence-corrected chi connectivity index (χ2v) is 6.03. The Morgan fingerprint density at radius 3 is 2.74 bits per heavy atom. The molecule has 7 heteroatoms. The summed E-state index contributed by atoms with van der Waals surface area (Å²) in [7, 11) is 0. The highest BCUT2D eigenvalue weighted by molar-refractivity contribution is 7.09. The Morgan fingerprint density at radius 2 is 2.04 bits per heavy atom. The van der Waals surface area contributed by atoms with Crippen LogP contribution in [0.2, 0.25) is 0 Å². The number of hydrogen-bond acceptors (Lipinski definition) is 5. The zero-order valence-electron chi connectivity index (χ0n) is 12.6. The third-order valence-corrected chi connectivity index (χ3v) is 4.21. The number of aliphatic carboxylic acids is 1. The van der Waals surface area contributed by atoms with E-state index >= 15 is 0 Å². The lowest BCUT2D eigenvalue weighted by Crippen LogP contribution is -2.27. The lowest BCUT2D eigenvalue weighted by Gasteiger charge is -2.08. The summed E-state index contributed by atoms with van der Waals surface area (Å²) in [6.45, 7) is 0.124. The molecular weight excluding hydrogens is 314 g/mol. The minimum atomic E-state index is -0.937. The van der Waals surface area contributed by atoms with Gasteiger partial charge < -0.3 is 16.2 Å². The minimum Gasteiger partial charge on any atom is -0.481 e. The van der Waals surface area contributed by atoms with E-state index in [1.54, 1.807) is 0 Å². The summed E-state index contributed by atoms with van der Waals surface area (Å²) in [6.07, 6.45) is 0.739. The Balaban J connectivity index is 1.85. The van der Waals surface area contributed by atoms with Gasteiger partial charge in [-0.2, -0.15) is 0 Å². The van der Waals surface area contributed by atoms with Crippen molar-refractivity contribution in [3.8, 4) is 0 Å². The van der Waals surface area contributed by atoms with E-state index in [0.717, 1.165) is 10.6 Å². The van der Waals surface area contributed by atoms with Crippen molar-refractivity contribution in [1.29, 1.82) is 0 Å². The van der Waals surface area contributed by atoms with Gasteiger partial charge in [0.25, 0.3) is 0 Å². The van der Waals surface area contributed by atoms with Gasteiger partial charge in [0.15, 0.2) is 0 Å². The van der Waals surface area contributed by atoms with Crippen LogP contribution in [-0.2, 0) is 22.4 Å². The molecule has 1 aromatic heterocycles. The Morgan fingerprint density at radius 1 is 1.30 bits per heavy atom. The Hall–Kier alpha value is -2.25. The highest BCUT2D eigenvalue weighted by Gasteiger charge is 2.13. The van der Waals surface area contributed by atoms with Gasteiger partial charge in [-0.1, -0.05) is 30.3 Å². The van der Waals surface area contributed by atoms with Gasteiger partial charge in [-0.15, -0.1) is 11.3 Å². The second kappa shape index (κ2) is 8.40. The Labute approximate surface area is 138 Å². The smallest absolute Gasteiger partial charge is 0.305 e. The molecule has 6 nitrogen and oxygen atoms in total. The number of nitrogens with one attached hydrogen (secondary N) is 1. The number of benzene rings is 1. The number of carbonyl (C=O) groups is 2. The van der Waals surface area contributed by atoms with Crippen LogP contribution in [0.1, 0.15) is 28.7 Å². The van der Waals surface area contributed by atoms with Gasteiger partial charge in [-0.25, -0.2) is 4.98 Å². The van der Waals surface area contributed by atoms with Crippen LogP contribution in [0.15, 0.2) is 35.7 Å². The molecule has 0 spiro atoms. The molecule has 0 aliphatic carbocycles. The third-order valence-electron chi connectivity index (χ3n) is 3.19. The predicted molar refractivity (Wildman–Crippen MR) is 88.2 cm³/mol. The number of nitrogens with two attached hydrogens (primary N) is 1. The molecule has 4 N–H and O–H groups in total. The van der Waals surface area contributed by atoms with Crippen LogP contribution in [0.5, 0.6) is 0 Å². The van der Waals surface area contributed by atoms with Crippen LogP contribution in [0.3, 0.4) is 0 Å². The molecule has 1 atom stereocenters. The molecule has 0 bridgehead atoms. The molecule has 0 saturated heterocycles. The number of carboxylic acid groups (broad SMARTS) is 1. The first kappa shape index (κ1) is 17.1. The number of rotatable bonds is 8. The first-order valence-corrected chi connectivity index (χ1v) is 8.15. The molecule has 1 heterocycles. The fraction of sp³-hybridized carbons (Fsp3) is 0.312. The number of carboxylic acids is 1. The molecule has 0 saturated carbocycles. The van der Waals surface area contributed by atoms with Crippen molar-refractivity contribution in [2.24, 2.45) is 5.73 Å². The van der Waals surface area contributed by atoms with E-state index in [1.165, 1.54) is 11.3 Å². The van der Waals surface area contributed by atoms with Gasteiger partial charge in [0.2, 0.25) is 5.91 Å². The SMILES string of the molecule is NC(Cc1ccccc1)c1nc(CC(=O)NCCC(=O)O)cs1. The molecule has 1 aromatic carbocycles. The van der Waals surface area contributed by atoms with Crippen LogP contribution < -0.4 is 11.1 Å². The average molecular weight is 333 g/mol. The van der Waals surface area contributed by atoms with Gasteiger partial charge in [-0.05, 0) is 12.0 Å². The van der Waals surface area contributed by atoms with Crippen LogP contribution in [0.4, 0.5) is 0 Å². The normalized spacial score (nSPS) is 11.9. The fourth-order valence-corrected chi connectivity index (χ4v) is 2.89. The zero-order valence-corrected chi connectivity index (χ0v) is 13.4. The number of nitrogens with zero attached hydrogens (tertiary/aromatic N) is 1. The van der Waals surface area contributed by atoms with E-state index in [4.69, 9.17) is 10.8 Å². The van der Waals surface area contributed by atoms with Gasteiger partial charge in [-0.3, -0.25) is 9.59 Å². The zero-order chi connectivity index (χ0) is 16.7. The molecule has 0 fully saturated rings. The molecule has 2 rings (SSSR count). The number of thiazole rings is 1. The molecule has 2 aromatic rings. The van der Waals surface area contributed by atoms with Crippen LogP contribution in [0, 0.1) is 0 Å². The fourth-order valence-electron chi connectivity index (χ4n) is 2.07. The summed E-state index contributed by atoms with van der Waals surface area (Å²) in [4.78, 5) is 26.5. The first-order chi connectivity index (χ1) is 11.0. The van der Waals surface area contributed by atoms with Gasteiger partial charge in [0.05, 0.1) is 24.6 Å². The number of aromatic nitrogens is 1. The van der Waals surface area contributed by atoms with Gasteiger partial charge in [0, 0.05) is 11.9 Å². The molecule has 1 amide bonds. The quantitative estimate of drug-likeness (QED) is 0.679. The van der Waals surface area contributed by atoms with Crippen LogP contribution in [-0.4, -0.2) is 28.5 Å². The first-order valence-electron chi connectivity index (χ1n) is 7.27. The van der Waals surface area contributed by atoms with E-state index in [-0.39, 0.29) is 31.3 Å². The van der Waals surface area contributed by atoms with Crippen molar-refractivity contribution in [1.82, 2.24) is 10.3 Å². The van der Waals surface area contributed by atoms with E-state index < -0.39 is 5.97 Å². The number of carbonyl (C=O) groups excluding carboxylic acids is 1. The minimum absolute atomic E-state index is 0.0873. The molecule has 0 aliphatic heterocycles. The summed E-state index contributed by atoms with van der Waals surface area (Å²) in [6, 6.07) is 9.73. The van der Waals surface area contributed by atoms with Crippen molar-refractivity contribution in [2.75, 3.05) is 6.54 Å². The Kier molecular flexibility index (Phi) is 6.25. The maximum Gasteiger partial charge on any atom is 0.305 e.